The summed E-state index contributed by atoms with van der Waals surface area (Å²) in [6.07, 6.45) is 0. The fourth-order valence-electron chi connectivity index (χ4n) is 1.22. The molecule has 0 aliphatic carbocycles. The molecule has 0 amide bonds. The number of nitrogen functional groups attached to an aromatic ring is 1. The first-order chi connectivity index (χ1) is 6.63. The summed E-state index contributed by atoms with van der Waals surface area (Å²) >= 11 is 2.24. The van der Waals surface area contributed by atoms with E-state index in [-0.39, 0.29) is 6.04 Å². The number of benzene rings is 1. The lowest BCUT2D eigenvalue weighted by Gasteiger charge is -2.15. The molecule has 78 valence electrons. The van der Waals surface area contributed by atoms with Gasteiger partial charge in [0.15, 0.2) is 0 Å². The molecular weight excluding hydrogens is 291 g/mol. The predicted molar refractivity (Wildman–Crippen MR) is 68.5 cm³/mol. The van der Waals surface area contributed by atoms with E-state index in [1.807, 2.05) is 18.2 Å². The van der Waals surface area contributed by atoms with E-state index in [0.29, 0.717) is 6.61 Å². The van der Waals surface area contributed by atoms with Crippen molar-refractivity contribution in [2.24, 2.45) is 0 Å². The van der Waals surface area contributed by atoms with Crippen molar-refractivity contribution in [3.8, 4) is 0 Å². The lowest BCUT2D eigenvalue weighted by Crippen LogP contribution is -2.21. The summed E-state index contributed by atoms with van der Waals surface area (Å²) in [5.41, 5.74) is 7.60. The monoisotopic (exact) mass is 306 g/mol. The number of nitrogens with one attached hydrogen (secondary N) is 1. The van der Waals surface area contributed by atoms with Crippen LogP contribution in [0, 0.1) is 3.57 Å². The summed E-state index contributed by atoms with van der Waals surface area (Å²) < 4.78 is 6.18. The summed E-state index contributed by atoms with van der Waals surface area (Å²) in [5.74, 6) is 0. The van der Waals surface area contributed by atoms with Crippen LogP contribution in [0.3, 0.4) is 0 Å². The van der Waals surface area contributed by atoms with Crippen LogP contribution in [0.25, 0.3) is 0 Å². The van der Waals surface area contributed by atoms with E-state index in [9.17, 15) is 0 Å². The Labute approximate surface area is 98.2 Å². The minimum Gasteiger partial charge on any atom is -0.397 e. The molecular formula is C10H15IN2O. The Morgan fingerprint density at radius 1 is 1.57 bits per heavy atom. The smallest absolute Gasteiger partial charge is 0.0661 e. The van der Waals surface area contributed by atoms with Gasteiger partial charge in [-0.05, 0) is 47.7 Å². The number of rotatable bonds is 4. The fraction of sp³-hybridized carbons (Fsp3) is 0.400. The highest BCUT2D eigenvalue weighted by Crippen LogP contribution is 2.21. The van der Waals surface area contributed by atoms with E-state index in [4.69, 9.17) is 10.5 Å². The van der Waals surface area contributed by atoms with Gasteiger partial charge in [-0.3, -0.25) is 0 Å². The number of anilines is 2. The molecule has 0 aromatic heterocycles. The molecule has 0 heterocycles. The van der Waals surface area contributed by atoms with Gasteiger partial charge in [0, 0.05) is 16.7 Å². The highest BCUT2D eigenvalue weighted by molar-refractivity contribution is 14.1. The summed E-state index contributed by atoms with van der Waals surface area (Å²) in [5, 5.41) is 3.28. The van der Waals surface area contributed by atoms with E-state index < -0.39 is 0 Å². The molecule has 0 bridgehead atoms. The van der Waals surface area contributed by atoms with Crippen molar-refractivity contribution in [2.45, 2.75) is 13.0 Å². The van der Waals surface area contributed by atoms with Crippen LogP contribution in [-0.4, -0.2) is 19.8 Å². The molecule has 1 aromatic rings. The van der Waals surface area contributed by atoms with Gasteiger partial charge in [-0.1, -0.05) is 0 Å². The van der Waals surface area contributed by atoms with Crippen LogP contribution < -0.4 is 11.1 Å². The molecule has 3 nitrogen and oxygen atoms in total. The first kappa shape index (κ1) is 11.6. The molecule has 1 atom stereocenters. The second-order valence-corrected chi connectivity index (χ2v) is 4.48. The zero-order valence-corrected chi connectivity index (χ0v) is 10.5. The Kier molecular flexibility index (Phi) is 4.47. The van der Waals surface area contributed by atoms with Crippen molar-refractivity contribution < 1.29 is 4.74 Å². The normalized spacial score (nSPS) is 12.5. The Hall–Kier alpha value is -0.490. The Morgan fingerprint density at radius 2 is 2.29 bits per heavy atom. The van der Waals surface area contributed by atoms with Gasteiger partial charge in [0.05, 0.1) is 18.0 Å². The largest absolute Gasteiger partial charge is 0.397 e. The maximum absolute atomic E-state index is 5.86. The minimum atomic E-state index is 0.266. The molecule has 0 radical (unpaired) electrons. The van der Waals surface area contributed by atoms with E-state index in [2.05, 4.69) is 34.8 Å². The molecule has 0 fully saturated rings. The van der Waals surface area contributed by atoms with Crippen molar-refractivity contribution in [1.29, 1.82) is 0 Å². The van der Waals surface area contributed by atoms with Gasteiger partial charge in [-0.25, -0.2) is 0 Å². The summed E-state index contributed by atoms with van der Waals surface area (Å²) in [6, 6.07) is 6.23. The highest BCUT2D eigenvalue weighted by Gasteiger charge is 2.04. The Balaban J connectivity index is 2.67. The Morgan fingerprint density at radius 3 is 2.86 bits per heavy atom. The van der Waals surface area contributed by atoms with Crippen LogP contribution in [0.5, 0.6) is 0 Å². The second kappa shape index (κ2) is 5.41. The molecule has 14 heavy (non-hydrogen) atoms. The van der Waals surface area contributed by atoms with Gasteiger partial charge in [0.2, 0.25) is 0 Å². The number of ether oxygens (including phenoxy) is 1. The quantitative estimate of drug-likeness (QED) is 0.663. The zero-order chi connectivity index (χ0) is 10.6. The van der Waals surface area contributed by atoms with Gasteiger partial charge < -0.3 is 15.8 Å². The number of methoxy groups -OCH3 is 1. The molecule has 0 aliphatic heterocycles. The van der Waals surface area contributed by atoms with Gasteiger partial charge in [-0.2, -0.15) is 0 Å². The van der Waals surface area contributed by atoms with Gasteiger partial charge in [0.1, 0.15) is 0 Å². The van der Waals surface area contributed by atoms with Crippen molar-refractivity contribution in [1.82, 2.24) is 0 Å². The fourth-order valence-corrected chi connectivity index (χ4v) is 1.74. The first-order valence-corrected chi connectivity index (χ1v) is 5.52. The molecule has 0 aliphatic rings. The maximum Gasteiger partial charge on any atom is 0.0661 e. The van der Waals surface area contributed by atoms with Crippen LogP contribution in [-0.2, 0) is 4.74 Å². The highest BCUT2D eigenvalue weighted by atomic mass is 127. The van der Waals surface area contributed by atoms with Crippen LogP contribution in [0.15, 0.2) is 18.2 Å². The van der Waals surface area contributed by atoms with E-state index in [1.54, 1.807) is 7.11 Å². The van der Waals surface area contributed by atoms with Crippen LogP contribution in [0.4, 0.5) is 11.4 Å². The lowest BCUT2D eigenvalue weighted by molar-refractivity contribution is 0.190. The van der Waals surface area contributed by atoms with E-state index >= 15 is 0 Å². The lowest BCUT2D eigenvalue weighted by atomic mass is 10.2. The average Bonchev–Trinajstić information content (AvgIpc) is 2.10. The first-order valence-electron chi connectivity index (χ1n) is 4.44. The maximum atomic E-state index is 5.86. The molecule has 0 saturated carbocycles. The number of nitrogens with two attached hydrogens (primary N) is 1. The van der Waals surface area contributed by atoms with Crippen LogP contribution in [0.2, 0.25) is 0 Å². The molecule has 3 N–H and O–H groups in total. The molecule has 1 aromatic carbocycles. The SMILES string of the molecule is COCC(C)Nc1ccc(I)cc1N. The number of hydrogen-bond acceptors (Lipinski definition) is 3. The summed E-state index contributed by atoms with van der Waals surface area (Å²) in [4.78, 5) is 0. The number of hydrogen-bond donors (Lipinski definition) is 2. The summed E-state index contributed by atoms with van der Waals surface area (Å²) in [6.45, 7) is 2.73. The number of halogens is 1. The zero-order valence-electron chi connectivity index (χ0n) is 8.38. The standard InChI is InChI=1S/C10H15IN2O/c1-7(6-14-2)13-10-4-3-8(11)5-9(10)12/h3-5,7,13H,6,12H2,1-2H3. The van der Waals surface area contributed by atoms with Gasteiger partial charge >= 0.3 is 0 Å². The van der Waals surface area contributed by atoms with Crippen molar-refractivity contribution in [3.05, 3.63) is 21.8 Å². The van der Waals surface area contributed by atoms with Crippen LogP contribution >= 0.6 is 22.6 Å². The third-order valence-electron chi connectivity index (χ3n) is 1.83. The second-order valence-electron chi connectivity index (χ2n) is 3.23. The molecule has 0 spiro atoms. The Bertz CT molecular complexity index is 304. The summed E-state index contributed by atoms with van der Waals surface area (Å²) in [7, 11) is 1.69. The molecule has 1 unspecified atom stereocenters. The van der Waals surface area contributed by atoms with Crippen molar-refractivity contribution in [2.75, 3.05) is 24.8 Å². The van der Waals surface area contributed by atoms with E-state index in [0.717, 1.165) is 14.9 Å². The molecule has 1 rings (SSSR count). The molecule has 4 heteroatoms. The van der Waals surface area contributed by atoms with Gasteiger partial charge in [-0.15, -0.1) is 0 Å². The topological polar surface area (TPSA) is 47.3 Å². The van der Waals surface area contributed by atoms with Gasteiger partial charge in [0.25, 0.3) is 0 Å². The predicted octanol–water partition coefficient (Wildman–Crippen LogP) is 2.32. The van der Waals surface area contributed by atoms with Crippen molar-refractivity contribution >= 4 is 34.0 Å². The van der Waals surface area contributed by atoms with Crippen molar-refractivity contribution in [3.63, 3.8) is 0 Å². The van der Waals surface area contributed by atoms with E-state index in [1.165, 1.54) is 0 Å². The third kappa shape index (κ3) is 3.34. The average molecular weight is 306 g/mol. The molecule has 0 saturated heterocycles. The minimum absolute atomic E-state index is 0.266. The van der Waals surface area contributed by atoms with Crippen LogP contribution in [0.1, 0.15) is 6.92 Å². The third-order valence-corrected chi connectivity index (χ3v) is 2.50.